The molecule has 0 aliphatic heterocycles. The normalized spacial score (nSPS) is 13.6. The van der Waals surface area contributed by atoms with Gasteiger partial charge in [0, 0.05) is 35.3 Å². The maximum Gasteiger partial charge on any atom is 0.106 e. The van der Waals surface area contributed by atoms with Crippen molar-refractivity contribution < 1.29 is 0 Å². The van der Waals surface area contributed by atoms with Crippen LogP contribution in [-0.2, 0) is 0 Å². The number of aliphatic imine (C=N–C) groups is 2. The molecule has 0 heterocycles. The molecule has 4 heteroatoms. The lowest BCUT2D eigenvalue weighted by molar-refractivity contribution is 0.582. The topological polar surface area (TPSA) is 48.8 Å². The van der Waals surface area contributed by atoms with Gasteiger partial charge in [0.25, 0.3) is 0 Å². The SMILES string of the molecule is CC(C)c1cccc(C(C)C)c1NC(=NCCCN=C(Nc1c(C(C)C)cccc1C(C)C)C(C)(C)C)C(C)(C)C. The fourth-order valence-electron chi connectivity index (χ4n) is 5.01. The second-order valence-corrected chi connectivity index (χ2v) is 14.8. The maximum atomic E-state index is 5.12. The van der Waals surface area contributed by atoms with E-state index in [0.717, 1.165) is 31.2 Å². The molecule has 0 aliphatic carbocycles. The first-order valence-corrected chi connectivity index (χ1v) is 15.8. The molecule has 0 bridgehead atoms. The summed E-state index contributed by atoms with van der Waals surface area (Å²) >= 11 is 0. The molecule has 2 rings (SSSR count). The highest BCUT2D eigenvalue weighted by atomic mass is 15.0. The Kier molecular flexibility index (Phi) is 12.2. The third kappa shape index (κ3) is 9.72. The molecule has 2 N–H and O–H groups in total. The lowest BCUT2D eigenvalue weighted by atomic mass is 9.90. The third-order valence-corrected chi connectivity index (χ3v) is 7.51. The van der Waals surface area contributed by atoms with Gasteiger partial charge in [0.15, 0.2) is 0 Å². The van der Waals surface area contributed by atoms with Crippen molar-refractivity contribution in [1.82, 2.24) is 0 Å². The third-order valence-electron chi connectivity index (χ3n) is 7.51. The van der Waals surface area contributed by atoms with E-state index in [1.165, 1.54) is 33.6 Å². The van der Waals surface area contributed by atoms with Gasteiger partial charge in [-0.25, -0.2) is 0 Å². The van der Waals surface area contributed by atoms with E-state index < -0.39 is 0 Å². The van der Waals surface area contributed by atoms with Crippen LogP contribution >= 0.6 is 0 Å². The van der Waals surface area contributed by atoms with Gasteiger partial charge in [-0.15, -0.1) is 0 Å². The van der Waals surface area contributed by atoms with Gasteiger partial charge in [-0.05, 0) is 52.3 Å². The molecule has 0 saturated carbocycles. The van der Waals surface area contributed by atoms with E-state index >= 15 is 0 Å². The highest BCUT2D eigenvalue weighted by Crippen LogP contribution is 2.35. The van der Waals surface area contributed by atoms with Crippen LogP contribution in [0.4, 0.5) is 11.4 Å². The molecule has 0 radical (unpaired) electrons. The monoisotopic (exact) mass is 560 g/mol. The largest absolute Gasteiger partial charge is 0.343 e. The second kappa shape index (κ2) is 14.5. The average Bonchev–Trinajstić information content (AvgIpc) is 2.85. The Balaban J connectivity index is 2.31. The average molecular weight is 561 g/mol. The molecule has 4 nitrogen and oxygen atoms in total. The Morgan fingerprint density at radius 1 is 0.537 bits per heavy atom. The number of para-hydroxylation sites is 2. The van der Waals surface area contributed by atoms with Crippen LogP contribution in [0.1, 0.15) is 149 Å². The summed E-state index contributed by atoms with van der Waals surface area (Å²) in [6.45, 7) is 33.0. The summed E-state index contributed by atoms with van der Waals surface area (Å²) < 4.78 is 0. The van der Waals surface area contributed by atoms with E-state index in [9.17, 15) is 0 Å². The number of rotatable bonds is 10. The number of nitrogens with zero attached hydrogens (tertiary/aromatic N) is 2. The molecule has 0 aliphatic rings. The van der Waals surface area contributed by atoms with Crippen LogP contribution in [0.25, 0.3) is 0 Å². The van der Waals surface area contributed by atoms with Crippen molar-refractivity contribution in [2.24, 2.45) is 20.8 Å². The van der Waals surface area contributed by atoms with E-state index in [1.54, 1.807) is 0 Å². The second-order valence-electron chi connectivity index (χ2n) is 14.8. The van der Waals surface area contributed by atoms with Gasteiger partial charge in [-0.1, -0.05) is 133 Å². The van der Waals surface area contributed by atoms with E-state index in [2.05, 4.69) is 144 Å². The zero-order valence-electron chi connectivity index (χ0n) is 28.8. The lowest BCUT2D eigenvalue weighted by Crippen LogP contribution is -2.30. The Morgan fingerprint density at radius 2 is 0.805 bits per heavy atom. The van der Waals surface area contributed by atoms with Gasteiger partial charge in [-0.2, -0.15) is 0 Å². The molecule has 0 atom stereocenters. The molecule has 0 amide bonds. The van der Waals surface area contributed by atoms with E-state index in [-0.39, 0.29) is 10.8 Å². The highest BCUT2D eigenvalue weighted by molar-refractivity contribution is 6.01. The maximum absolute atomic E-state index is 5.12. The Labute approximate surface area is 253 Å². The number of nitrogens with one attached hydrogen (secondary N) is 2. The van der Waals surface area contributed by atoms with E-state index in [0.29, 0.717) is 23.7 Å². The van der Waals surface area contributed by atoms with Crippen LogP contribution in [0.2, 0.25) is 0 Å². The number of amidine groups is 2. The molecule has 0 unspecified atom stereocenters. The van der Waals surface area contributed by atoms with Crippen LogP contribution < -0.4 is 10.6 Å². The van der Waals surface area contributed by atoms with Gasteiger partial charge in [0.2, 0.25) is 0 Å². The van der Waals surface area contributed by atoms with Crippen molar-refractivity contribution in [3.05, 3.63) is 58.7 Å². The standard InChI is InChI=1S/C37H60N4/c1-24(2)28-18-15-19-29(25(3)4)32(28)40-34(36(9,10)11)38-22-17-23-39-35(37(12,13)14)41-33-30(26(5)6)20-16-21-31(33)27(7)8/h15-16,18-21,24-27H,17,22-23H2,1-14H3,(H,38,40)(H,39,41). The van der Waals surface area contributed by atoms with Crippen molar-refractivity contribution in [2.75, 3.05) is 23.7 Å². The fraction of sp³-hybridized carbons (Fsp3) is 0.622. The molecular weight excluding hydrogens is 500 g/mol. The van der Waals surface area contributed by atoms with Crippen molar-refractivity contribution >= 4 is 23.0 Å². The Morgan fingerprint density at radius 3 is 1.02 bits per heavy atom. The zero-order valence-corrected chi connectivity index (χ0v) is 28.8. The minimum absolute atomic E-state index is 0.0897. The molecule has 228 valence electrons. The Hall–Kier alpha value is -2.62. The fourth-order valence-corrected chi connectivity index (χ4v) is 5.01. The predicted molar refractivity (Wildman–Crippen MR) is 185 cm³/mol. The summed E-state index contributed by atoms with van der Waals surface area (Å²) in [7, 11) is 0. The van der Waals surface area contributed by atoms with Crippen molar-refractivity contribution in [2.45, 2.75) is 127 Å². The molecule has 41 heavy (non-hydrogen) atoms. The van der Waals surface area contributed by atoms with Gasteiger partial charge in [0.1, 0.15) is 11.7 Å². The number of hydrogen-bond acceptors (Lipinski definition) is 2. The van der Waals surface area contributed by atoms with Crippen LogP contribution in [0.5, 0.6) is 0 Å². The highest BCUT2D eigenvalue weighted by Gasteiger charge is 2.24. The van der Waals surface area contributed by atoms with Crippen molar-refractivity contribution in [3.8, 4) is 0 Å². The first kappa shape index (κ1) is 34.6. The van der Waals surface area contributed by atoms with Crippen molar-refractivity contribution in [3.63, 3.8) is 0 Å². The number of anilines is 2. The molecular formula is C37H60N4. The zero-order chi connectivity index (χ0) is 31.1. The minimum Gasteiger partial charge on any atom is -0.343 e. The summed E-state index contributed by atoms with van der Waals surface area (Å²) in [6.07, 6.45) is 0.897. The number of benzene rings is 2. The first-order chi connectivity index (χ1) is 18.9. The summed E-state index contributed by atoms with van der Waals surface area (Å²) in [5, 5.41) is 7.62. The molecule has 2 aromatic carbocycles. The summed E-state index contributed by atoms with van der Waals surface area (Å²) in [5.41, 5.74) is 7.67. The molecule has 0 aromatic heterocycles. The Bertz CT molecular complexity index is 1040. The van der Waals surface area contributed by atoms with Gasteiger partial charge >= 0.3 is 0 Å². The van der Waals surface area contributed by atoms with Gasteiger partial charge in [0.05, 0.1) is 0 Å². The summed E-state index contributed by atoms with van der Waals surface area (Å²) in [5.74, 6) is 3.83. The van der Waals surface area contributed by atoms with E-state index in [4.69, 9.17) is 9.98 Å². The van der Waals surface area contributed by atoms with Crippen molar-refractivity contribution in [1.29, 1.82) is 0 Å². The predicted octanol–water partition coefficient (Wildman–Crippen LogP) is 11.0. The van der Waals surface area contributed by atoms with Crippen LogP contribution in [0, 0.1) is 10.8 Å². The summed E-state index contributed by atoms with van der Waals surface area (Å²) in [4.78, 5) is 10.2. The summed E-state index contributed by atoms with van der Waals surface area (Å²) in [6, 6.07) is 13.4. The minimum atomic E-state index is -0.0897. The van der Waals surface area contributed by atoms with Gasteiger partial charge < -0.3 is 10.6 Å². The van der Waals surface area contributed by atoms with Gasteiger partial charge in [-0.3, -0.25) is 9.98 Å². The molecule has 0 saturated heterocycles. The lowest BCUT2D eigenvalue weighted by Gasteiger charge is -2.28. The molecule has 0 fully saturated rings. The van der Waals surface area contributed by atoms with Crippen LogP contribution in [0.3, 0.4) is 0 Å². The smallest absolute Gasteiger partial charge is 0.106 e. The van der Waals surface area contributed by atoms with E-state index in [1.807, 2.05) is 0 Å². The van der Waals surface area contributed by atoms with Crippen LogP contribution in [0.15, 0.2) is 46.4 Å². The first-order valence-electron chi connectivity index (χ1n) is 15.8. The quantitative estimate of drug-likeness (QED) is 0.172. The number of hydrogen-bond donors (Lipinski definition) is 2. The molecule has 2 aromatic rings. The molecule has 0 spiro atoms. The van der Waals surface area contributed by atoms with Crippen LogP contribution in [-0.4, -0.2) is 24.8 Å².